The van der Waals surface area contributed by atoms with E-state index in [0.717, 1.165) is 51.1 Å². The van der Waals surface area contributed by atoms with Crippen molar-refractivity contribution in [2.45, 2.75) is 39.2 Å². The van der Waals surface area contributed by atoms with Crippen molar-refractivity contribution in [3.05, 3.63) is 24.3 Å². The van der Waals surface area contributed by atoms with Crippen LogP contribution in [0.3, 0.4) is 0 Å². The average Bonchev–Trinajstić information content (AvgIpc) is 2.41. The molecule has 0 aliphatic carbocycles. The standard InChI is InChI=1S/C14H23N3O/c1-2-5-14(12-18)6-3-9-17(11-14)10-13-15-7-4-8-16-13/h4,7-8,18H,2-3,5-6,9-12H2,1H3/t14-/m0/s1. The summed E-state index contributed by atoms with van der Waals surface area (Å²) in [6, 6.07) is 1.84. The topological polar surface area (TPSA) is 49.2 Å². The third kappa shape index (κ3) is 3.27. The van der Waals surface area contributed by atoms with E-state index in [9.17, 15) is 5.11 Å². The van der Waals surface area contributed by atoms with Crippen molar-refractivity contribution in [1.29, 1.82) is 0 Å². The number of hydrogen-bond acceptors (Lipinski definition) is 4. The molecule has 1 N–H and O–H groups in total. The van der Waals surface area contributed by atoms with Crippen molar-refractivity contribution in [3.8, 4) is 0 Å². The minimum atomic E-state index is 0.0990. The van der Waals surface area contributed by atoms with Gasteiger partial charge in [-0.3, -0.25) is 4.90 Å². The molecular weight excluding hydrogens is 226 g/mol. The van der Waals surface area contributed by atoms with Crippen LogP contribution in [-0.2, 0) is 6.54 Å². The first-order valence-corrected chi connectivity index (χ1v) is 6.87. The zero-order valence-corrected chi connectivity index (χ0v) is 11.2. The van der Waals surface area contributed by atoms with E-state index in [2.05, 4.69) is 21.8 Å². The van der Waals surface area contributed by atoms with E-state index in [1.807, 2.05) is 6.07 Å². The number of aromatic nitrogens is 2. The summed E-state index contributed by atoms with van der Waals surface area (Å²) >= 11 is 0. The van der Waals surface area contributed by atoms with Gasteiger partial charge < -0.3 is 5.11 Å². The van der Waals surface area contributed by atoms with Crippen LogP contribution in [0.5, 0.6) is 0 Å². The molecule has 0 unspecified atom stereocenters. The SMILES string of the molecule is CCC[C@]1(CO)CCCN(Cc2ncccn2)C1. The highest BCUT2D eigenvalue weighted by molar-refractivity contribution is 4.92. The maximum atomic E-state index is 9.70. The van der Waals surface area contributed by atoms with Gasteiger partial charge in [-0.15, -0.1) is 0 Å². The molecule has 1 aromatic rings. The van der Waals surface area contributed by atoms with Crippen LogP contribution >= 0.6 is 0 Å². The molecule has 0 amide bonds. The number of rotatable bonds is 5. The van der Waals surface area contributed by atoms with E-state index >= 15 is 0 Å². The van der Waals surface area contributed by atoms with Crippen molar-refractivity contribution in [2.24, 2.45) is 5.41 Å². The quantitative estimate of drug-likeness (QED) is 0.865. The minimum absolute atomic E-state index is 0.0990. The smallest absolute Gasteiger partial charge is 0.142 e. The van der Waals surface area contributed by atoms with Gasteiger partial charge in [0.2, 0.25) is 0 Å². The monoisotopic (exact) mass is 249 g/mol. The molecule has 0 radical (unpaired) electrons. The van der Waals surface area contributed by atoms with Gasteiger partial charge in [-0.1, -0.05) is 13.3 Å². The molecule has 2 rings (SSSR count). The lowest BCUT2D eigenvalue weighted by Gasteiger charge is -2.41. The zero-order valence-electron chi connectivity index (χ0n) is 11.2. The van der Waals surface area contributed by atoms with Crippen molar-refractivity contribution < 1.29 is 5.11 Å². The third-order valence-electron chi connectivity index (χ3n) is 3.84. The second-order valence-electron chi connectivity index (χ2n) is 5.39. The van der Waals surface area contributed by atoms with Gasteiger partial charge >= 0.3 is 0 Å². The van der Waals surface area contributed by atoms with E-state index in [0.29, 0.717) is 6.61 Å². The number of aliphatic hydroxyl groups is 1. The fraction of sp³-hybridized carbons (Fsp3) is 0.714. The van der Waals surface area contributed by atoms with Crippen LogP contribution in [0.4, 0.5) is 0 Å². The first-order valence-electron chi connectivity index (χ1n) is 6.87. The Morgan fingerprint density at radius 2 is 2.17 bits per heavy atom. The largest absolute Gasteiger partial charge is 0.396 e. The number of hydrogen-bond donors (Lipinski definition) is 1. The molecule has 0 spiro atoms. The second kappa shape index (κ2) is 6.25. The van der Waals surface area contributed by atoms with Crippen LogP contribution in [-0.4, -0.2) is 39.7 Å². The first kappa shape index (κ1) is 13.4. The van der Waals surface area contributed by atoms with E-state index in [1.54, 1.807) is 12.4 Å². The van der Waals surface area contributed by atoms with Gasteiger partial charge in [0.1, 0.15) is 5.82 Å². The highest BCUT2D eigenvalue weighted by atomic mass is 16.3. The predicted molar refractivity (Wildman–Crippen MR) is 71.0 cm³/mol. The molecule has 4 nitrogen and oxygen atoms in total. The summed E-state index contributed by atoms with van der Waals surface area (Å²) in [4.78, 5) is 10.9. The average molecular weight is 249 g/mol. The Bertz CT molecular complexity index is 353. The molecule has 100 valence electrons. The van der Waals surface area contributed by atoms with Crippen LogP contribution in [0, 0.1) is 5.41 Å². The van der Waals surface area contributed by atoms with Crippen LogP contribution in [0.2, 0.25) is 0 Å². The molecule has 1 fully saturated rings. The van der Waals surface area contributed by atoms with Crippen LogP contribution in [0.25, 0.3) is 0 Å². The molecular formula is C14H23N3O. The van der Waals surface area contributed by atoms with Gasteiger partial charge in [-0.25, -0.2) is 9.97 Å². The number of piperidine rings is 1. The van der Waals surface area contributed by atoms with Gasteiger partial charge in [0.05, 0.1) is 6.54 Å². The summed E-state index contributed by atoms with van der Waals surface area (Å²) in [5, 5.41) is 9.70. The Labute approximate surface area is 109 Å². The van der Waals surface area contributed by atoms with Crippen molar-refractivity contribution in [2.75, 3.05) is 19.7 Å². The van der Waals surface area contributed by atoms with Crippen LogP contribution in [0.15, 0.2) is 18.5 Å². The van der Waals surface area contributed by atoms with E-state index in [4.69, 9.17) is 0 Å². The zero-order chi connectivity index (χ0) is 12.8. The van der Waals surface area contributed by atoms with E-state index in [-0.39, 0.29) is 5.41 Å². The van der Waals surface area contributed by atoms with Gasteiger partial charge in [0.25, 0.3) is 0 Å². The Hall–Kier alpha value is -1.00. The summed E-state index contributed by atoms with van der Waals surface area (Å²) in [6.45, 7) is 5.34. The molecule has 1 aromatic heterocycles. The summed E-state index contributed by atoms with van der Waals surface area (Å²) in [5.41, 5.74) is 0.0990. The molecule has 1 saturated heterocycles. The number of likely N-dealkylation sites (tertiary alicyclic amines) is 1. The normalized spacial score (nSPS) is 25.2. The summed E-state index contributed by atoms with van der Waals surface area (Å²) in [5.74, 6) is 0.878. The van der Waals surface area contributed by atoms with Crippen LogP contribution < -0.4 is 0 Å². The molecule has 1 aliphatic rings. The Balaban J connectivity index is 1.98. The van der Waals surface area contributed by atoms with Gasteiger partial charge in [0, 0.05) is 31.0 Å². The highest BCUT2D eigenvalue weighted by Crippen LogP contribution is 2.34. The number of nitrogens with zero attached hydrogens (tertiary/aromatic N) is 3. The minimum Gasteiger partial charge on any atom is -0.396 e. The van der Waals surface area contributed by atoms with Crippen molar-refractivity contribution >= 4 is 0 Å². The second-order valence-corrected chi connectivity index (χ2v) is 5.39. The summed E-state index contributed by atoms with van der Waals surface area (Å²) in [7, 11) is 0. The third-order valence-corrected chi connectivity index (χ3v) is 3.84. The van der Waals surface area contributed by atoms with Crippen molar-refractivity contribution in [3.63, 3.8) is 0 Å². The van der Waals surface area contributed by atoms with Crippen LogP contribution in [0.1, 0.15) is 38.4 Å². The Kier molecular flexibility index (Phi) is 4.66. The Morgan fingerprint density at radius 3 is 2.83 bits per heavy atom. The highest BCUT2D eigenvalue weighted by Gasteiger charge is 2.34. The van der Waals surface area contributed by atoms with E-state index < -0.39 is 0 Å². The molecule has 0 saturated carbocycles. The molecule has 18 heavy (non-hydrogen) atoms. The molecule has 2 heterocycles. The lowest BCUT2D eigenvalue weighted by molar-refractivity contribution is 0.0206. The maximum Gasteiger partial charge on any atom is 0.142 e. The Morgan fingerprint density at radius 1 is 1.39 bits per heavy atom. The fourth-order valence-corrected chi connectivity index (χ4v) is 3.00. The lowest BCUT2D eigenvalue weighted by atomic mass is 9.77. The fourth-order valence-electron chi connectivity index (χ4n) is 3.00. The molecule has 1 aliphatic heterocycles. The lowest BCUT2D eigenvalue weighted by Crippen LogP contribution is -2.45. The van der Waals surface area contributed by atoms with Crippen molar-refractivity contribution in [1.82, 2.24) is 14.9 Å². The van der Waals surface area contributed by atoms with Gasteiger partial charge in [-0.05, 0) is 31.9 Å². The van der Waals surface area contributed by atoms with Gasteiger partial charge in [-0.2, -0.15) is 0 Å². The predicted octanol–water partition coefficient (Wildman–Crippen LogP) is 1.85. The molecule has 4 heteroatoms. The molecule has 0 aromatic carbocycles. The van der Waals surface area contributed by atoms with E-state index in [1.165, 1.54) is 0 Å². The molecule has 0 bridgehead atoms. The first-order chi connectivity index (χ1) is 8.78. The maximum absolute atomic E-state index is 9.70. The molecule has 1 atom stereocenters. The van der Waals surface area contributed by atoms with Gasteiger partial charge in [0.15, 0.2) is 0 Å². The summed E-state index contributed by atoms with van der Waals surface area (Å²) in [6.07, 6.45) is 8.12. The summed E-state index contributed by atoms with van der Waals surface area (Å²) < 4.78 is 0. The number of aliphatic hydroxyl groups excluding tert-OH is 1.